The third-order valence-electron chi connectivity index (χ3n) is 1.29. The third-order valence-corrected chi connectivity index (χ3v) is 1.81. The quantitative estimate of drug-likeness (QED) is 0.463. The van der Waals surface area contributed by atoms with Crippen LogP contribution in [0.15, 0.2) is 0 Å². The van der Waals surface area contributed by atoms with Gasteiger partial charge in [0, 0.05) is 0 Å². The molecular weight excluding hydrogens is 168 g/mol. The molecule has 0 bridgehead atoms. The van der Waals surface area contributed by atoms with Crippen molar-refractivity contribution in [2.45, 2.75) is 25.0 Å². The first-order valence-electron chi connectivity index (χ1n) is 3.30. The molecule has 0 fully saturated rings. The summed E-state index contributed by atoms with van der Waals surface area (Å²) in [4.78, 5) is 0. The zero-order chi connectivity index (χ0) is 7.98. The summed E-state index contributed by atoms with van der Waals surface area (Å²) in [6.45, 7) is 0. The van der Waals surface area contributed by atoms with Crippen molar-refractivity contribution in [3.05, 3.63) is 0 Å². The predicted octanol–water partition coefficient (Wildman–Crippen LogP) is 0.348. The first-order valence-corrected chi connectivity index (χ1v) is 4.56. The molecular formula is C6H14O2S2. The Labute approximate surface area is 72.5 Å². The van der Waals surface area contributed by atoms with Crippen LogP contribution in [0, 0.1) is 0 Å². The highest BCUT2D eigenvalue weighted by Crippen LogP contribution is 2.04. The van der Waals surface area contributed by atoms with Crippen LogP contribution in [0.3, 0.4) is 0 Å². The van der Waals surface area contributed by atoms with Crippen LogP contribution in [-0.4, -0.2) is 33.9 Å². The van der Waals surface area contributed by atoms with E-state index in [1.165, 1.54) is 0 Å². The fourth-order valence-corrected chi connectivity index (χ4v) is 1.18. The number of rotatable bonds is 5. The molecule has 2 nitrogen and oxygen atoms in total. The van der Waals surface area contributed by atoms with Crippen molar-refractivity contribution in [2.24, 2.45) is 0 Å². The standard InChI is InChI=1S/C6H14O2S2/c7-5(1-3-9)6(8)2-4-10/h5-10H,1-4H2. The van der Waals surface area contributed by atoms with E-state index in [1.54, 1.807) is 0 Å². The van der Waals surface area contributed by atoms with Crippen LogP contribution < -0.4 is 0 Å². The lowest BCUT2D eigenvalue weighted by Crippen LogP contribution is -2.26. The van der Waals surface area contributed by atoms with Gasteiger partial charge >= 0.3 is 0 Å². The van der Waals surface area contributed by atoms with Crippen LogP contribution in [-0.2, 0) is 0 Å². The maximum atomic E-state index is 9.12. The van der Waals surface area contributed by atoms with Gasteiger partial charge in [0.05, 0.1) is 12.2 Å². The Morgan fingerprint density at radius 1 is 0.900 bits per heavy atom. The van der Waals surface area contributed by atoms with Crippen molar-refractivity contribution in [2.75, 3.05) is 11.5 Å². The van der Waals surface area contributed by atoms with Gasteiger partial charge in [0.15, 0.2) is 0 Å². The summed E-state index contributed by atoms with van der Waals surface area (Å²) in [6, 6.07) is 0. The van der Waals surface area contributed by atoms with E-state index in [2.05, 4.69) is 25.3 Å². The average Bonchev–Trinajstić information content (AvgIpc) is 1.89. The Bertz CT molecular complexity index is 70.1. The fraction of sp³-hybridized carbons (Fsp3) is 1.00. The lowest BCUT2D eigenvalue weighted by Gasteiger charge is -2.15. The van der Waals surface area contributed by atoms with Crippen LogP contribution in [0.4, 0.5) is 0 Å². The van der Waals surface area contributed by atoms with E-state index in [1.807, 2.05) is 0 Å². The van der Waals surface area contributed by atoms with Gasteiger partial charge in [-0.15, -0.1) is 0 Å². The van der Waals surface area contributed by atoms with Crippen molar-refractivity contribution >= 4 is 25.3 Å². The number of aliphatic hydroxyl groups excluding tert-OH is 2. The average molecular weight is 182 g/mol. The molecule has 2 unspecified atom stereocenters. The molecule has 0 heterocycles. The van der Waals surface area contributed by atoms with Gasteiger partial charge in [0.25, 0.3) is 0 Å². The first kappa shape index (κ1) is 10.6. The molecule has 0 spiro atoms. The minimum atomic E-state index is -0.635. The molecule has 0 saturated heterocycles. The van der Waals surface area contributed by atoms with Crippen LogP contribution in [0.2, 0.25) is 0 Å². The summed E-state index contributed by atoms with van der Waals surface area (Å²) in [7, 11) is 0. The molecule has 0 aliphatic rings. The number of hydrogen-bond donors (Lipinski definition) is 4. The molecule has 0 aliphatic heterocycles. The highest BCUT2D eigenvalue weighted by Gasteiger charge is 2.13. The van der Waals surface area contributed by atoms with Gasteiger partial charge in [0.2, 0.25) is 0 Å². The van der Waals surface area contributed by atoms with Crippen molar-refractivity contribution in [1.29, 1.82) is 0 Å². The van der Waals surface area contributed by atoms with Gasteiger partial charge in [-0.2, -0.15) is 25.3 Å². The van der Waals surface area contributed by atoms with Gasteiger partial charge in [-0.25, -0.2) is 0 Å². The van der Waals surface area contributed by atoms with E-state index in [0.29, 0.717) is 24.3 Å². The molecule has 4 heteroatoms. The maximum absolute atomic E-state index is 9.12. The van der Waals surface area contributed by atoms with Crippen LogP contribution in [0.25, 0.3) is 0 Å². The molecule has 0 saturated carbocycles. The van der Waals surface area contributed by atoms with E-state index in [0.717, 1.165) is 0 Å². The molecule has 10 heavy (non-hydrogen) atoms. The Balaban J connectivity index is 3.38. The zero-order valence-corrected chi connectivity index (χ0v) is 7.56. The van der Waals surface area contributed by atoms with Crippen LogP contribution >= 0.6 is 25.3 Å². The van der Waals surface area contributed by atoms with E-state index in [4.69, 9.17) is 10.2 Å². The van der Waals surface area contributed by atoms with Crippen LogP contribution in [0.1, 0.15) is 12.8 Å². The molecule has 62 valence electrons. The van der Waals surface area contributed by atoms with Gasteiger partial charge in [-0.1, -0.05) is 0 Å². The molecule has 0 aromatic rings. The fourth-order valence-electron chi connectivity index (χ4n) is 0.649. The lowest BCUT2D eigenvalue weighted by atomic mass is 10.1. The Morgan fingerprint density at radius 2 is 1.20 bits per heavy atom. The summed E-state index contributed by atoms with van der Waals surface area (Å²) in [5, 5.41) is 18.2. The Kier molecular flexibility index (Phi) is 6.73. The molecule has 0 rings (SSSR count). The second-order valence-electron chi connectivity index (χ2n) is 2.16. The van der Waals surface area contributed by atoms with Crippen molar-refractivity contribution in [1.82, 2.24) is 0 Å². The molecule has 0 radical (unpaired) electrons. The highest BCUT2D eigenvalue weighted by molar-refractivity contribution is 7.80. The zero-order valence-electron chi connectivity index (χ0n) is 5.77. The summed E-state index contributed by atoms with van der Waals surface area (Å²) >= 11 is 7.86. The summed E-state index contributed by atoms with van der Waals surface area (Å²) in [5.74, 6) is 1.20. The Hall–Kier alpha value is 0.620. The molecule has 2 N–H and O–H groups in total. The second kappa shape index (κ2) is 6.34. The third kappa shape index (κ3) is 4.44. The van der Waals surface area contributed by atoms with E-state index in [-0.39, 0.29) is 0 Å². The van der Waals surface area contributed by atoms with E-state index >= 15 is 0 Å². The summed E-state index contributed by atoms with van der Waals surface area (Å²) < 4.78 is 0. The van der Waals surface area contributed by atoms with Gasteiger partial charge < -0.3 is 10.2 Å². The SMILES string of the molecule is OC(CCS)C(O)CCS. The normalized spacial score (nSPS) is 16.8. The predicted molar refractivity (Wildman–Crippen MR) is 49.0 cm³/mol. The monoisotopic (exact) mass is 182 g/mol. The van der Waals surface area contributed by atoms with E-state index < -0.39 is 12.2 Å². The Morgan fingerprint density at radius 3 is 1.40 bits per heavy atom. The minimum absolute atomic E-state index is 0.540. The van der Waals surface area contributed by atoms with Crippen LogP contribution in [0.5, 0.6) is 0 Å². The van der Waals surface area contributed by atoms with Crippen molar-refractivity contribution in [3.63, 3.8) is 0 Å². The number of aliphatic hydroxyl groups is 2. The van der Waals surface area contributed by atoms with Gasteiger partial charge in [-0.3, -0.25) is 0 Å². The topological polar surface area (TPSA) is 40.5 Å². The summed E-state index contributed by atoms with van der Waals surface area (Å²) in [5.41, 5.74) is 0. The molecule has 2 atom stereocenters. The van der Waals surface area contributed by atoms with E-state index in [9.17, 15) is 0 Å². The smallest absolute Gasteiger partial charge is 0.0807 e. The van der Waals surface area contributed by atoms with Gasteiger partial charge in [-0.05, 0) is 24.3 Å². The maximum Gasteiger partial charge on any atom is 0.0807 e. The number of hydrogen-bond acceptors (Lipinski definition) is 4. The highest BCUT2D eigenvalue weighted by atomic mass is 32.1. The lowest BCUT2D eigenvalue weighted by molar-refractivity contribution is 0.0172. The first-order chi connectivity index (χ1) is 4.72. The van der Waals surface area contributed by atoms with Crippen molar-refractivity contribution < 1.29 is 10.2 Å². The minimum Gasteiger partial charge on any atom is -0.390 e. The number of thiol groups is 2. The molecule has 0 amide bonds. The van der Waals surface area contributed by atoms with Crippen molar-refractivity contribution in [3.8, 4) is 0 Å². The summed E-state index contributed by atoms with van der Waals surface area (Å²) in [6.07, 6.45) is -0.190. The molecule has 0 aromatic carbocycles. The molecule has 0 aromatic heterocycles. The largest absolute Gasteiger partial charge is 0.390 e. The van der Waals surface area contributed by atoms with Gasteiger partial charge in [0.1, 0.15) is 0 Å². The second-order valence-corrected chi connectivity index (χ2v) is 3.05. The molecule has 0 aliphatic carbocycles.